The van der Waals surface area contributed by atoms with E-state index in [0.717, 1.165) is 0 Å². The van der Waals surface area contributed by atoms with Gasteiger partial charge in [0.2, 0.25) is 0 Å². The largest absolute Gasteiger partial charge is 0.155 e. The highest BCUT2D eigenvalue weighted by Gasteiger charge is 2.53. The molecule has 0 bridgehead atoms. The second-order valence-corrected chi connectivity index (χ2v) is 6.91. The second kappa shape index (κ2) is 2.18. The SMILES string of the molecule is CC1(C)CSC(C)(C)C1(C)C. The van der Waals surface area contributed by atoms with E-state index in [9.17, 15) is 0 Å². The van der Waals surface area contributed by atoms with E-state index in [-0.39, 0.29) is 0 Å². The fourth-order valence-electron chi connectivity index (χ4n) is 1.54. The molecule has 0 aromatic heterocycles. The molecule has 0 aromatic rings. The average Bonchev–Trinajstić information content (AvgIpc) is 1.93. The Labute approximate surface area is 75.1 Å². The van der Waals surface area contributed by atoms with Gasteiger partial charge >= 0.3 is 0 Å². The topological polar surface area (TPSA) is 0 Å². The molecule has 1 rings (SSSR count). The second-order valence-electron chi connectivity index (χ2n) is 5.31. The summed E-state index contributed by atoms with van der Waals surface area (Å²) in [6.45, 7) is 14.3. The maximum Gasteiger partial charge on any atom is 0.0160 e. The van der Waals surface area contributed by atoms with Crippen molar-refractivity contribution >= 4 is 11.8 Å². The molecular formula is C10H20S. The first-order valence-corrected chi connectivity index (χ1v) is 5.33. The quantitative estimate of drug-likeness (QED) is 0.538. The Bertz CT molecular complexity index is 148. The molecule has 11 heavy (non-hydrogen) atoms. The van der Waals surface area contributed by atoms with Gasteiger partial charge in [-0.1, -0.05) is 41.5 Å². The molecular weight excluding hydrogens is 152 g/mol. The maximum absolute atomic E-state index is 2.40. The summed E-state index contributed by atoms with van der Waals surface area (Å²) in [6, 6.07) is 0. The van der Waals surface area contributed by atoms with Crippen molar-refractivity contribution in [3.8, 4) is 0 Å². The molecule has 1 heteroatoms. The lowest BCUT2D eigenvalue weighted by molar-refractivity contribution is 0.117. The third-order valence-electron chi connectivity index (χ3n) is 3.99. The van der Waals surface area contributed by atoms with E-state index in [4.69, 9.17) is 0 Å². The smallest absolute Gasteiger partial charge is 0.0160 e. The van der Waals surface area contributed by atoms with Crippen LogP contribution in [0, 0.1) is 10.8 Å². The molecule has 0 aromatic carbocycles. The van der Waals surface area contributed by atoms with Crippen LogP contribution in [0.1, 0.15) is 41.5 Å². The molecule has 66 valence electrons. The van der Waals surface area contributed by atoms with Gasteiger partial charge in [0.25, 0.3) is 0 Å². The van der Waals surface area contributed by atoms with Crippen LogP contribution in [-0.2, 0) is 0 Å². The highest BCUT2D eigenvalue weighted by molar-refractivity contribution is 8.01. The zero-order valence-corrected chi connectivity index (χ0v) is 9.43. The Morgan fingerprint density at radius 2 is 1.36 bits per heavy atom. The van der Waals surface area contributed by atoms with Gasteiger partial charge in [-0.05, 0) is 16.6 Å². The lowest BCUT2D eigenvalue weighted by Crippen LogP contribution is -2.40. The summed E-state index contributed by atoms with van der Waals surface area (Å²) in [6.07, 6.45) is 0. The van der Waals surface area contributed by atoms with Crippen molar-refractivity contribution in [1.29, 1.82) is 0 Å². The van der Waals surface area contributed by atoms with E-state index in [2.05, 4.69) is 53.3 Å². The lowest BCUT2D eigenvalue weighted by atomic mass is 9.63. The van der Waals surface area contributed by atoms with Crippen molar-refractivity contribution in [1.82, 2.24) is 0 Å². The Balaban J connectivity index is 3.00. The van der Waals surface area contributed by atoms with Gasteiger partial charge in [0.1, 0.15) is 0 Å². The van der Waals surface area contributed by atoms with Crippen molar-refractivity contribution < 1.29 is 0 Å². The standard InChI is InChI=1S/C10H20S/c1-8(2)7-11-10(5,6)9(8,3)4/h7H2,1-6H3. The van der Waals surface area contributed by atoms with Crippen molar-refractivity contribution in [2.75, 3.05) is 5.75 Å². The normalized spacial score (nSPS) is 32.2. The van der Waals surface area contributed by atoms with Gasteiger partial charge in [0.05, 0.1) is 0 Å². The summed E-state index contributed by atoms with van der Waals surface area (Å²) in [5, 5.41) is 0. The van der Waals surface area contributed by atoms with Crippen molar-refractivity contribution in [2.45, 2.75) is 46.3 Å². The Hall–Kier alpha value is 0.350. The minimum absolute atomic E-state index is 0.441. The third-order valence-corrected chi connectivity index (χ3v) is 6.09. The zero-order chi connectivity index (χ0) is 8.91. The van der Waals surface area contributed by atoms with Gasteiger partial charge in [-0.15, -0.1) is 0 Å². The first kappa shape index (κ1) is 9.44. The Morgan fingerprint density at radius 3 is 1.45 bits per heavy atom. The van der Waals surface area contributed by atoms with Crippen LogP contribution in [-0.4, -0.2) is 10.5 Å². The van der Waals surface area contributed by atoms with Crippen LogP contribution in [0.2, 0.25) is 0 Å². The van der Waals surface area contributed by atoms with E-state index < -0.39 is 0 Å². The van der Waals surface area contributed by atoms with Crippen LogP contribution in [0.25, 0.3) is 0 Å². The van der Waals surface area contributed by atoms with E-state index in [0.29, 0.717) is 15.6 Å². The first-order valence-electron chi connectivity index (χ1n) is 4.35. The van der Waals surface area contributed by atoms with E-state index in [1.165, 1.54) is 5.75 Å². The van der Waals surface area contributed by atoms with Crippen molar-refractivity contribution in [2.24, 2.45) is 10.8 Å². The van der Waals surface area contributed by atoms with Crippen LogP contribution < -0.4 is 0 Å². The van der Waals surface area contributed by atoms with E-state index in [1.54, 1.807) is 0 Å². The molecule has 0 nitrogen and oxygen atoms in total. The number of hydrogen-bond acceptors (Lipinski definition) is 1. The predicted octanol–water partition coefficient (Wildman–Crippen LogP) is 3.56. The van der Waals surface area contributed by atoms with E-state index >= 15 is 0 Å². The Morgan fingerprint density at radius 1 is 0.909 bits per heavy atom. The molecule has 1 saturated heterocycles. The van der Waals surface area contributed by atoms with Crippen molar-refractivity contribution in [3.63, 3.8) is 0 Å². The van der Waals surface area contributed by atoms with Gasteiger partial charge in [-0.3, -0.25) is 0 Å². The summed E-state index contributed by atoms with van der Waals surface area (Å²) < 4.78 is 0.441. The van der Waals surface area contributed by atoms with Gasteiger partial charge < -0.3 is 0 Å². The highest BCUT2D eigenvalue weighted by atomic mass is 32.2. The van der Waals surface area contributed by atoms with E-state index in [1.807, 2.05) is 0 Å². The molecule has 1 heterocycles. The number of thioether (sulfide) groups is 1. The van der Waals surface area contributed by atoms with Crippen LogP contribution in [0.3, 0.4) is 0 Å². The van der Waals surface area contributed by atoms with Crippen LogP contribution in [0.15, 0.2) is 0 Å². The van der Waals surface area contributed by atoms with Gasteiger partial charge in [-0.2, -0.15) is 11.8 Å². The molecule has 0 unspecified atom stereocenters. The number of hydrogen-bond donors (Lipinski definition) is 0. The first-order chi connectivity index (χ1) is 4.71. The molecule has 0 atom stereocenters. The van der Waals surface area contributed by atoms with Crippen LogP contribution >= 0.6 is 11.8 Å². The van der Waals surface area contributed by atoms with Gasteiger partial charge in [0.15, 0.2) is 0 Å². The molecule has 0 aliphatic carbocycles. The summed E-state index contributed by atoms with van der Waals surface area (Å²) in [5.41, 5.74) is 0.936. The number of rotatable bonds is 0. The zero-order valence-electron chi connectivity index (χ0n) is 8.62. The molecule has 0 N–H and O–H groups in total. The van der Waals surface area contributed by atoms with Crippen LogP contribution in [0.5, 0.6) is 0 Å². The lowest BCUT2D eigenvalue weighted by Gasteiger charge is -2.42. The minimum atomic E-state index is 0.441. The fraction of sp³-hybridized carbons (Fsp3) is 1.00. The molecule has 0 radical (unpaired) electrons. The predicted molar refractivity (Wildman–Crippen MR) is 54.1 cm³/mol. The van der Waals surface area contributed by atoms with Gasteiger partial charge in [0, 0.05) is 4.75 Å². The van der Waals surface area contributed by atoms with Gasteiger partial charge in [-0.25, -0.2) is 0 Å². The molecule has 1 aliphatic heterocycles. The molecule has 0 spiro atoms. The summed E-state index contributed by atoms with van der Waals surface area (Å²) in [5.74, 6) is 1.30. The molecule has 1 aliphatic rings. The monoisotopic (exact) mass is 172 g/mol. The summed E-state index contributed by atoms with van der Waals surface area (Å²) in [7, 11) is 0. The molecule has 0 amide bonds. The van der Waals surface area contributed by atoms with Crippen LogP contribution in [0.4, 0.5) is 0 Å². The highest BCUT2D eigenvalue weighted by Crippen LogP contribution is 2.60. The maximum atomic E-state index is 2.40. The Kier molecular flexibility index (Phi) is 1.87. The fourth-order valence-corrected chi connectivity index (χ4v) is 3.26. The molecule has 1 fully saturated rings. The van der Waals surface area contributed by atoms with Crippen molar-refractivity contribution in [3.05, 3.63) is 0 Å². The minimum Gasteiger partial charge on any atom is -0.155 e. The average molecular weight is 172 g/mol. The third kappa shape index (κ3) is 1.12. The summed E-state index contributed by atoms with van der Waals surface area (Å²) >= 11 is 2.11. The summed E-state index contributed by atoms with van der Waals surface area (Å²) in [4.78, 5) is 0. The molecule has 0 saturated carbocycles.